The fraction of sp³-hybridized carbons (Fsp3) is 0.368. The van der Waals surface area contributed by atoms with Crippen LogP contribution in [0.5, 0.6) is 0 Å². The third-order valence-corrected chi connectivity index (χ3v) is 5.99. The van der Waals surface area contributed by atoms with Crippen LogP contribution in [0.1, 0.15) is 33.8 Å². The molecule has 0 fully saturated rings. The molecule has 27 heavy (non-hydrogen) atoms. The molecule has 4 nitrogen and oxygen atoms in total. The Bertz CT molecular complexity index is 1050. The summed E-state index contributed by atoms with van der Waals surface area (Å²) in [6.07, 6.45) is -1.42. The van der Waals surface area contributed by atoms with Gasteiger partial charge in [-0.1, -0.05) is 18.2 Å². The topological polar surface area (TPSA) is 49.0 Å². The Morgan fingerprint density at radius 1 is 1.22 bits per heavy atom. The zero-order valence-corrected chi connectivity index (χ0v) is 15.5. The number of hydrogen-bond acceptors (Lipinski definition) is 4. The van der Waals surface area contributed by atoms with Crippen LogP contribution < -0.4 is 5.56 Å². The van der Waals surface area contributed by atoms with Crippen molar-refractivity contribution in [3.8, 4) is 0 Å². The lowest BCUT2D eigenvalue weighted by Crippen LogP contribution is -2.23. The summed E-state index contributed by atoms with van der Waals surface area (Å²) in [5, 5.41) is 0.682. The normalized spacial score (nSPS) is 14.3. The average Bonchev–Trinajstić information content (AvgIpc) is 3.14. The largest absolute Gasteiger partial charge is 0.416 e. The van der Waals surface area contributed by atoms with Gasteiger partial charge >= 0.3 is 6.18 Å². The standard InChI is InChI=1S/C19H18F3N3OS/c1-25(9-11-5-2-3-7-13(11)19(20,21)22)10-15-23-17(26)16-12-6-4-8-14(12)27-18(16)24-15/h2-3,5,7H,4,6,8-10H2,1H3,(H,23,24,26). The summed E-state index contributed by atoms with van der Waals surface area (Å²) in [6.45, 7) is 0.373. The van der Waals surface area contributed by atoms with Crippen LogP contribution in [-0.4, -0.2) is 21.9 Å². The maximum Gasteiger partial charge on any atom is 0.416 e. The molecule has 0 saturated heterocycles. The van der Waals surface area contributed by atoms with Crippen molar-refractivity contribution in [1.29, 1.82) is 0 Å². The highest BCUT2D eigenvalue weighted by molar-refractivity contribution is 7.18. The first kappa shape index (κ1) is 18.2. The van der Waals surface area contributed by atoms with Crippen molar-refractivity contribution in [3.63, 3.8) is 0 Å². The molecule has 1 aliphatic carbocycles. The first-order valence-corrected chi connectivity index (χ1v) is 9.51. The van der Waals surface area contributed by atoms with Gasteiger partial charge in [-0.25, -0.2) is 4.98 Å². The number of H-pyrrole nitrogens is 1. The summed E-state index contributed by atoms with van der Waals surface area (Å²) in [6, 6.07) is 5.54. The average molecular weight is 393 g/mol. The fourth-order valence-corrected chi connectivity index (χ4v) is 4.94. The van der Waals surface area contributed by atoms with E-state index in [1.54, 1.807) is 29.4 Å². The number of halogens is 3. The first-order chi connectivity index (χ1) is 12.8. The minimum Gasteiger partial charge on any atom is -0.309 e. The molecule has 2 aromatic heterocycles. The molecular formula is C19H18F3N3OS. The van der Waals surface area contributed by atoms with Gasteiger partial charge in [0, 0.05) is 11.4 Å². The Balaban J connectivity index is 1.57. The lowest BCUT2D eigenvalue weighted by molar-refractivity contribution is -0.138. The third-order valence-electron chi connectivity index (χ3n) is 4.81. The molecule has 3 aromatic rings. The van der Waals surface area contributed by atoms with Crippen molar-refractivity contribution < 1.29 is 13.2 Å². The molecule has 0 unspecified atom stereocenters. The molecule has 1 aromatic carbocycles. The third kappa shape index (κ3) is 3.51. The Morgan fingerprint density at radius 2 is 2.00 bits per heavy atom. The molecule has 8 heteroatoms. The van der Waals surface area contributed by atoms with Crippen LogP contribution in [-0.2, 0) is 32.1 Å². The van der Waals surface area contributed by atoms with E-state index in [0.717, 1.165) is 35.7 Å². The van der Waals surface area contributed by atoms with Gasteiger partial charge in [0.25, 0.3) is 5.56 Å². The van der Waals surface area contributed by atoms with Crippen LogP contribution in [0.25, 0.3) is 10.2 Å². The summed E-state index contributed by atoms with van der Waals surface area (Å²) in [4.78, 5) is 23.5. The van der Waals surface area contributed by atoms with Crippen molar-refractivity contribution in [2.75, 3.05) is 7.05 Å². The van der Waals surface area contributed by atoms with Gasteiger partial charge in [0.05, 0.1) is 17.5 Å². The van der Waals surface area contributed by atoms with Crippen LogP contribution in [0.2, 0.25) is 0 Å². The van der Waals surface area contributed by atoms with Crippen molar-refractivity contribution in [2.45, 2.75) is 38.5 Å². The maximum atomic E-state index is 13.2. The van der Waals surface area contributed by atoms with E-state index in [4.69, 9.17) is 0 Å². The molecule has 0 atom stereocenters. The molecule has 0 spiro atoms. The Morgan fingerprint density at radius 3 is 2.78 bits per heavy atom. The van der Waals surface area contributed by atoms with E-state index in [-0.39, 0.29) is 24.2 Å². The highest BCUT2D eigenvalue weighted by atomic mass is 32.1. The van der Waals surface area contributed by atoms with E-state index in [2.05, 4.69) is 9.97 Å². The predicted molar refractivity (Wildman–Crippen MR) is 98.9 cm³/mol. The van der Waals surface area contributed by atoms with E-state index in [1.807, 2.05) is 0 Å². The number of hydrogen-bond donors (Lipinski definition) is 1. The fourth-order valence-electron chi connectivity index (χ4n) is 3.66. The number of nitrogens with one attached hydrogen (secondary N) is 1. The van der Waals surface area contributed by atoms with Crippen LogP contribution in [0.3, 0.4) is 0 Å². The summed E-state index contributed by atoms with van der Waals surface area (Å²) in [5.41, 5.74) is 0.524. The number of benzene rings is 1. The van der Waals surface area contributed by atoms with Gasteiger partial charge in [0.1, 0.15) is 10.7 Å². The highest BCUT2D eigenvalue weighted by Gasteiger charge is 2.33. The molecule has 142 valence electrons. The number of aryl methyl sites for hydroxylation is 2. The van der Waals surface area contributed by atoms with Gasteiger partial charge in [0.2, 0.25) is 0 Å². The molecule has 2 heterocycles. The van der Waals surface area contributed by atoms with Gasteiger partial charge < -0.3 is 4.98 Å². The summed E-state index contributed by atoms with van der Waals surface area (Å²) in [7, 11) is 1.71. The second kappa shape index (κ2) is 6.76. The van der Waals surface area contributed by atoms with Gasteiger partial charge in [-0.05, 0) is 43.5 Å². The van der Waals surface area contributed by atoms with Crippen LogP contribution in [0.4, 0.5) is 13.2 Å². The molecule has 0 aliphatic heterocycles. The minimum absolute atomic E-state index is 0.109. The lowest BCUT2D eigenvalue weighted by atomic mass is 10.1. The molecule has 1 N–H and O–H groups in total. The quantitative estimate of drug-likeness (QED) is 0.725. The number of alkyl halides is 3. The molecule has 0 radical (unpaired) electrons. The number of thiophene rings is 1. The number of aromatic nitrogens is 2. The maximum absolute atomic E-state index is 13.2. The van der Waals surface area contributed by atoms with E-state index in [0.29, 0.717) is 11.2 Å². The number of fused-ring (bicyclic) bond motifs is 3. The first-order valence-electron chi connectivity index (χ1n) is 8.70. The molecule has 0 amide bonds. The van der Waals surface area contributed by atoms with Gasteiger partial charge in [0.15, 0.2) is 0 Å². The molecule has 0 saturated carbocycles. The second-order valence-electron chi connectivity index (χ2n) is 6.88. The van der Waals surface area contributed by atoms with Crippen LogP contribution in [0, 0.1) is 0 Å². The van der Waals surface area contributed by atoms with Gasteiger partial charge in [-0.3, -0.25) is 9.69 Å². The van der Waals surface area contributed by atoms with E-state index in [1.165, 1.54) is 17.0 Å². The Labute approximate surface area is 157 Å². The number of nitrogens with zero attached hydrogens (tertiary/aromatic N) is 2. The summed E-state index contributed by atoms with van der Waals surface area (Å²) in [5.74, 6) is 0.472. The van der Waals surface area contributed by atoms with Crippen molar-refractivity contribution >= 4 is 21.6 Å². The van der Waals surface area contributed by atoms with E-state index in [9.17, 15) is 18.0 Å². The van der Waals surface area contributed by atoms with Crippen molar-refractivity contribution in [1.82, 2.24) is 14.9 Å². The number of aromatic amines is 1. The van der Waals surface area contributed by atoms with Crippen molar-refractivity contribution in [3.05, 3.63) is 62.0 Å². The lowest BCUT2D eigenvalue weighted by Gasteiger charge is -2.19. The van der Waals surface area contributed by atoms with Crippen LogP contribution in [0.15, 0.2) is 29.1 Å². The summed E-state index contributed by atoms with van der Waals surface area (Å²) < 4.78 is 39.5. The summed E-state index contributed by atoms with van der Waals surface area (Å²) >= 11 is 1.55. The SMILES string of the molecule is CN(Cc1nc2sc3c(c2c(=O)[nH]1)CCC3)Cc1ccccc1C(F)(F)F. The van der Waals surface area contributed by atoms with Gasteiger partial charge in [-0.15, -0.1) is 11.3 Å². The monoisotopic (exact) mass is 393 g/mol. The predicted octanol–water partition coefficient (Wildman–Crippen LogP) is 4.12. The zero-order valence-electron chi connectivity index (χ0n) is 14.7. The molecule has 0 bridgehead atoms. The number of rotatable bonds is 4. The molecular weight excluding hydrogens is 375 g/mol. The minimum atomic E-state index is -4.39. The second-order valence-corrected chi connectivity index (χ2v) is 7.96. The van der Waals surface area contributed by atoms with Gasteiger partial charge in [-0.2, -0.15) is 13.2 Å². The Kier molecular flexibility index (Phi) is 4.55. The molecule has 4 rings (SSSR count). The van der Waals surface area contributed by atoms with E-state index < -0.39 is 11.7 Å². The smallest absolute Gasteiger partial charge is 0.309 e. The van der Waals surface area contributed by atoms with Crippen LogP contribution >= 0.6 is 11.3 Å². The van der Waals surface area contributed by atoms with Crippen molar-refractivity contribution in [2.24, 2.45) is 0 Å². The zero-order chi connectivity index (χ0) is 19.2. The highest BCUT2D eigenvalue weighted by Crippen LogP contribution is 2.35. The molecule has 1 aliphatic rings. The van der Waals surface area contributed by atoms with E-state index >= 15 is 0 Å². The Hall–Kier alpha value is -2.19.